The number of carbonyl (C=O) groups excluding carboxylic acids is 1. The molecule has 0 spiro atoms. The molecule has 2 aliphatic rings. The van der Waals surface area contributed by atoms with Gasteiger partial charge in [0.1, 0.15) is 5.76 Å². The van der Waals surface area contributed by atoms with Crippen LogP contribution in [0.1, 0.15) is 180 Å². The van der Waals surface area contributed by atoms with Gasteiger partial charge in [-0.05, 0) is 175 Å². The summed E-state index contributed by atoms with van der Waals surface area (Å²) in [4.78, 5) is 26.6. The molecule has 2 aliphatic heterocycles. The van der Waals surface area contributed by atoms with Gasteiger partial charge in [0.05, 0.1) is 2.74 Å². The summed E-state index contributed by atoms with van der Waals surface area (Å²) in [6, 6.07) is 45.1. The van der Waals surface area contributed by atoms with Crippen molar-refractivity contribution in [3.05, 3.63) is 167 Å². The molecule has 8 aromatic carbocycles. The minimum Gasteiger partial charge on any atom is -0.512 e. The molecule has 7 heteroatoms. The Morgan fingerprint density at radius 2 is 0.966 bits per heavy atom. The molecule has 10 aromatic rings. The fourth-order valence-electron chi connectivity index (χ4n) is 13.5. The van der Waals surface area contributed by atoms with Gasteiger partial charge in [-0.1, -0.05) is 223 Å². The maximum Gasteiger partial charge on any atom is 0.162 e. The molecule has 0 aliphatic carbocycles. The molecule has 0 bridgehead atoms. The van der Waals surface area contributed by atoms with E-state index in [1.165, 1.54) is 85.8 Å². The predicted molar refractivity (Wildman–Crippen MR) is 381 cm³/mol. The summed E-state index contributed by atoms with van der Waals surface area (Å²) in [7, 11) is 0. The molecule has 0 amide bonds. The Bertz CT molecular complexity index is 4460. The molecule has 89 heavy (non-hydrogen) atoms. The molecule has 4 heterocycles. The molecular weight excluding hydrogens is 1300 g/mol. The average Bonchev–Trinajstić information content (AvgIpc) is 0.725. The fourth-order valence-corrected chi connectivity index (χ4v) is 16.0. The van der Waals surface area contributed by atoms with Gasteiger partial charge in [0, 0.05) is 71.0 Å². The standard InChI is InChI=1S/C34H34NS.C33H32NS.C15H28O2.Ir/c1-20-8-10-25-22(14-20)16-27-31-30-26(12-13-35-31)24-11-9-21(18-33(2,3)4)15-23(24)17-29(30)36-32(27)28(25)19-34(5,6)7;1-32(2,3)18-20-11-12-24-22(15-20)17-28-29-25(24)13-14-34-30(29)26-16-21-9-7-8-10-23(21)27(31(26)35-28)19-33(4,5)6;1-6-12(7-2)13(16)11-14(17)15(8-3,9-4)10-5;/h8-15,17H,18-19H2,1-7H3;7-15,17H,18-19H2,1-6H3;11-12,17H,6-10H2,1-5H3;/q2*-1;;/b;;14-11-;/i13D;14D;;. The Labute approximate surface area is 557 Å². The van der Waals surface area contributed by atoms with Crippen molar-refractivity contribution in [1.82, 2.24) is 9.97 Å². The van der Waals surface area contributed by atoms with E-state index in [4.69, 9.17) is 12.7 Å². The van der Waals surface area contributed by atoms with Crippen LogP contribution >= 0.6 is 23.5 Å². The van der Waals surface area contributed by atoms with Crippen LogP contribution in [0.3, 0.4) is 0 Å². The van der Waals surface area contributed by atoms with E-state index in [1.807, 2.05) is 49.5 Å². The number of benzene rings is 8. The second-order valence-corrected chi connectivity index (χ2v) is 32.2. The van der Waals surface area contributed by atoms with Gasteiger partial charge in [-0.3, -0.25) is 14.8 Å². The number of aliphatic hydroxyl groups is 1. The summed E-state index contributed by atoms with van der Waals surface area (Å²) in [5, 5.41) is 24.5. The van der Waals surface area contributed by atoms with E-state index in [0.717, 1.165) is 113 Å². The van der Waals surface area contributed by atoms with E-state index in [1.54, 1.807) is 0 Å². The number of fused-ring (bicyclic) bond motifs is 10. The summed E-state index contributed by atoms with van der Waals surface area (Å²) >= 11 is 3.73. The van der Waals surface area contributed by atoms with E-state index in [-0.39, 0.29) is 64.6 Å². The van der Waals surface area contributed by atoms with Crippen LogP contribution in [0.2, 0.25) is 0 Å². The smallest absolute Gasteiger partial charge is 0.162 e. The van der Waals surface area contributed by atoms with Crippen LogP contribution in [0, 0.1) is 52.0 Å². The van der Waals surface area contributed by atoms with Gasteiger partial charge in [0.25, 0.3) is 0 Å². The number of hydrogen-bond acceptors (Lipinski definition) is 6. The third-order valence-electron chi connectivity index (χ3n) is 18.0. The number of rotatable bonds is 12. The van der Waals surface area contributed by atoms with Gasteiger partial charge in [0.15, 0.2) is 5.78 Å². The van der Waals surface area contributed by atoms with Crippen molar-refractivity contribution in [3.8, 4) is 22.5 Å². The Kier molecular flexibility index (Phi) is 19.2. The van der Waals surface area contributed by atoms with Crippen molar-refractivity contribution >= 4 is 93.9 Å². The SMILES string of the molecule is CCC(CC)C(=O)/C=C(\O)C(CC)(CC)CC.[2H]c1cc2c3c(cc4cc(CC(C)(C)C)ccc42)Sc2c([c-]c4cc(C)ccc4c2CC(C)(C)C)-c3n1.[2H]c1cc2c3c(cc4cc(CC(C)(C)C)ccc42)Sc2c([c-]c4ccccc4c2CC(C)(C)C)-c3n1.[Ir]. The van der Waals surface area contributed by atoms with E-state index in [0.29, 0.717) is 12.3 Å². The first-order valence-corrected chi connectivity index (χ1v) is 34.0. The maximum atomic E-state index is 12.0. The van der Waals surface area contributed by atoms with Crippen molar-refractivity contribution in [1.29, 1.82) is 0 Å². The zero-order valence-electron chi connectivity index (χ0n) is 58.2. The van der Waals surface area contributed by atoms with Crippen molar-refractivity contribution in [2.24, 2.45) is 33.0 Å². The maximum absolute atomic E-state index is 12.0. The Balaban J connectivity index is 0.000000172. The first kappa shape index (κ1) is 64.7. The number of pyridine rings is 2. The Morgan fingerprint density at radius 1 is 0.539 bits per heavy atom. The van der Waals surface area contributed by atoms with Crippen LogP contribution < -0.4 is 0 Å². The second kappa shape index (κ2) is 26.4. The van der Waals surface area contributed by atoms with Crippen LogP contribution in [-0.2, 0) is 50.6 Å². The van der Waals surface area contributed by atoms with Crippen LogP contribution in [0.5, 0.6) is 0 Å². The number of allylic oxidation sites excluding steroid dienone is 2. The Morgan fingerprint density at radius 3 is 1.40 bits per heavy atom. The molecule has 0 fully saturated rings. The summed E-state index contributed by atoms with van der Waals surface area (Å²) in [6.07, 6.45) is 10.4. The molecule has 1 N–H and O–H groups in total. The largest absolute Gasteiger partial charge is 0.512 e. The number of hydrogen-bond donors (Lipinski definition) is 1. The van der Waals surface area contributed by atoms with Gasteiger partial charge in [-0.25, -0.2) is 0 Å². The molecule has 1 radical (unpaired) electrons. The van der Waals surface area contributed by atoms with Crippen molar-refractivity contribution in [2.45, 2.75) is 202 Å². The summed E-state index contributed by atoms with van der Waals surface area (Å²) < 4.78 is 17.3. The number of aromatic nitrogens is 2. The molecular formula is C82H94IrN2O2S2-2. The first-order chi connectivity index (χ1) is 42.3. The minimum atomic E-state index is -0.207. The van der Waals surface area contributed by atoms with Gasteiger partial charge >= 0.3 is 0 Å². The Hall–Kier alpha value is -5.82. The van der Waals surface area contributed by atoms with Crippen molar-refractivity contribution in [2.75, 3.05) is 0 Å². The molecule has 12 rings (SSSR count). The summed E-state index contributed by atoms with van der Waals surface area (Å²) in [5.41, 5.74) is 11.1. The number of aryl methyl sites for hydroxylation is 1. The first-order valence-electron chi connectivity index (χ1n) is 33.3. The topological polar surface area (TPSA) is 63.1 Å². The molecule has 0 unspecified atom stereocenters. The predicted octanol–water partition coefficient (Wildman–Crippen LogP) is 24.3. The van der Waals surface area contributed by atoms with Crippen LogP contribution in [0.4, 0.5) is 0 Å². The number of aliphatic hydroxyl groups excluding tert-OH is 1. The van der Waals surface area contributed by atoms with Crippen LogP contribution in [0.25, 0.3) is 87.1 Å². The van der Waals surface area contributed by atoms with Gasteiger partial charge in [0.2, 0.25) is 0 Å². The van der Waals surface area contributed by atoms with E-state index in [9.17, 15) is 9.90 Å². The van der Waals surface area contributed by atoms with Crippen molar-refractivity contribution in [3.63, 3.8) is 0 Å². The van der Waals surface area contributed by atoms with E-state index < -0.39 is 0 Å². The fraction of sp³-hybridized carbons (Fsp3) is 0.402. The average molecular weight is 1400 g/mol. The summed E-state index contributed by atoms with van der Waals surface area (Å²) in [6.45, 7) is 39.9. The molecule has 4 nitrogen and oxygen atoms in total. The van der Waals surface area contributed by atoms with Crippen LogP contribution in [-0.4, -0.2) is 20.9 Å². The van der Waals surface area contributed by atoms with Crippen molar-refractivity contribution < 1.29 is 32.7 Å². The normalized spacial score (nSPS) is 13.6. The number of ketones is 1. The summed E-state index contributed by atoms with van der Waals surface area (Å²) in [5.74, 6) is 0.412. The van der Waals surface area contributed by atoms with Crippen LogP contribution in [0.15, 0.2) is 147 Å². The second-order valence-electron chi connectivity index (χ2n) is 30.1. The van der Waals surface area contributed by atoms with E-state index >= 15 is 0 Å². The molecule has 467 valence electrons. The molecule has 0 saturated carbocycles. The minimum absolute atomic E-state index is 0. The monoisotopic (exact) mass is 1400 g/mol. The third-order valence-corrected chi connectivity index (χ3v) is 20.3. The van der Waals surface area contributed by atoms with Gasteiger partial charge in [-0.15, -0.1) is 58.6 Å². The molecule has 2 aromatic heterocycles. The molecule has 0 saturated heterocycles. The quantitative estimate of drug-likeness (QED) is 0.0569. The van der Waals surface area contributed by atoms with Gasteiger partial charge in [-0.2, -0.15) is 0 Å². The van der Waals surface area contributed by atoms with E-state index in [2.05, 4.69) is 214 Å². The number of nitrogens with zero attached hydrogens (tertiary/aromatic N) is 2. The zero-order valence-corrected chi connectivity index (χ0v) is 60.3. The third kappa shape index (κ3) is 14.5. The zero-order chi connectivity index (χ0) is 65.2. The number of carbonyl (C=O) groups is 1. The van der Waals surface area contributed by atoms with Gasteiger partial charge < -0.3 is 5.11 Å². The molecule has 0 atom stereocenters.